The molecule has 0 aliphatic carbocycles. The third-order valence-corrected chi connectivity index (χ3v) is 2.26. The molecular formula is C10H15N5O. The van der Waals surface area contributed by atoms with E-state index in [4.69, 9.17) is 10.2 Å². The number of likely N-dealkylation sites (N-methyl/N-ethyl adjacent to an activating group) is 1. The second-order valence-corrected chi connectivity index (χ2v) is 3.97. The van der Waals surface area contributed by atoms with Gasteiger partial charge in [0.1, 0.15) is 0 Å². The second kappa shape index (κ2) is 4.05. The molecule has 6 nitrogen and oxygen atoms in total. The van der Waals surface area contributed by atoms with Crippen molar-refractivity contribution in [3.05, 3.63) is 12.1 Å². The van der Waals surface area contributed by atoms with Crippen molar-refractivity contribution in [1.82, 2.24) is 15.0 Å². The zero-order valence-corrected chi connectivity index (χ0v) is 9.64. The second-order valence-electron chi connectivity index (χ2n) is 3.97. The topological polar surface area (TPSA) is 81.1 Å². The molecule has 86 valence electrons. The fourth-order valence-electron chi connectivity index (χ4n) is 1.57. The van der Waals surface area contributed by atoms with E-state index in [1.54, 1.807) is 0 Å². The van der Waals surface area contributed by atoms with Crippen molar-refractivity contribution in [3.8, 4) is 0 Å². The molecule has 2 rings (SSSR count). The monoisotopic (exact) mass is 221 g/mol. The number of hydrogen-bond donors (Lipinski definition) is 1. The van der Waals surface area contributed by atoms with E-state index in [1.165, 1.54) is 6.39 Å². The van der Waals surface area contributed by atoms with Gasteiger partial charge in [0.25, 0.3) is 5.71 Å². The molecule has 0 aromatic carbocycles. The Kier molecular flexibility index (Phi) is 2.74. The summed E-state index contributed by atoms with van der Waals surface area (Å²) in [5.41, 5.74) is 7.76. The number of anilines is 1. The third kappa shape index (κ3) is 1.96. The smallest absolute Gasteiger partial charge is 0.251 e. The van der Waals surface area contributed by atoms with Crippen LogP contribution in [0.2, 0.25) is 0 Å². The average molecular weight is 221 g/mol. The molecular weight excluding hydrogens is 206 g/mol. The van der Waals surface area contributed by atoms with Crippen molar-refractivity contribution in [2.45, 2.75) is 19.9 Å². The number of rotatable bonds is 3. The quantitative estimate of drug-likeness (QED) is 0.822. The van der Waals surface area contributed by atoms with Crippen molar-refractivity contribution >= 4 is 17.2 Å². The molecule has 0 saturated heterocycles. The van der Waals surface area contributed by atoms with Crippen LogP contribution in [0.5, 0.6) is 0 Å². The van der Waals surface area contributed by atoms with Gasteiger partial charge in [0.2, 0.25) is 5.95 Å². The summed E-state index contributed by atoms with van der Waals surface area (Å²) in [4.78, 5) is 14.6. The summed E-state index contributed by atoms with van der Waals surface area (Å²) < 4.78 is 5.17. The van der Waals surface area contributed by atoms with Crippen LogP contribution >= 0.6 is 0 Å². The largest absolute Gasteiger partial charge is 0.425 e. The summed E-state index contributed by atoms with van der Waals surface area (Å²) >= 11 is 0. The van der Waals surface area contributed by atoms with Crippen molar-refractivity contribution in [3.63, 3.8) is 0 Å². The molecule has 16 heavy (non-hydrogen) atoms. The van der Waals surface area contributed by atoms with E-state index < -0.39 is 0 Å². The maximum absolute atomic E-state index is 5.73. The van der Waals surface area contributed by atoms with Gasteiger partial charge in [-0.1, -0.05) is 0 Å². The van der Waals surface area contributed by atoms with Gasteiger partial charge in [-0.25, -0.2) is 9.97 Å². The van der Waals surface area contributed by atoms with E-state index in [9.17, 15) is 0 Å². The van der Waals surface area contributed by atoms with Crippen LogP contribution in [0.15, 0.2) is 10.8 Å². The summed E-state index contributed by atoms with van der Waals surface area (Å²) in [7, 11) is 1.90. The summed E-state index contributed by atoms with van der Waals surface area (Å²) in [5.74, 6) is 0.610. The fraction of sp³-hybridized carbons (Fsp3) is 0.500. The maximum atomic E-state index is 5.73. The lowest BCUT2D eigenvalue weighted by Gasteiger charge is -2.18. The van der Waals surface area contributed by atoms with Crippen LogP contribution in [0.25, 0.3) is 11.2 Å². The first-order valence-electron chi connectivity index (χ1n) is 5.12. The molecule has 2 aromatic rings. The number of hydrogen-bond acceptors (Lipinski definition) is 6. The zero-order chi connectivity index (χ0) is 11.7. The van der Waals surface area contributed by atoms with Crippen LogP contribution in [0.3, 0.4) is 0 Å². The molecule has 0 bridgehead atoms. The lowest BCUT2D eigenvalue weighted by Crippen LogP contribution is -2.33. The van der Waals surface area contributed by atoms with Gasteiger partial charge in [-0.15, -0.1) is 0 Å². The van der Waals surface area contributed by atoms with E-state index in [-0.39, 0.29) is 6.04 Å². The highest BCUT2D eigenvalue weighted by Gasteiger charge is 2.12. The minimum Gasteiger partial charge on any atom is -0.425 e. The van der Waals surface area contributed by atoms with Gasteiger partial charge in [-0.3, -0.25) is 0 Å². The van der Waals surface area contributed by atoms with Crippen LogP contribution in [-0.4, -0.2) is 34.6 Å². The molecule has 2 aromatic heterocycles. The van der Waals surface area contributed by atoms with Gasteiger partial charge in [0.05, 0.1) is 5.69 Å². The van der Waals surface area contributed by atoms with Gasteiger partial charge < -0.3 is 15.1 Å². The number of nitrogens with zero attached hydrogens (tertiary/aromatic N) is 4. The Morgan fingerprint density at radius 2 is 2.25 bits per heavy atom. The molecule has 2 heterocycles. The molecule has 0 aliphatic rings. The van der Waals surface area contributed by atoms with Crippen molar-refractivity contribution in [1.29, 1.82) is 0 Å². The Balaban J connectivity index is 2.37. The zero-order valence-electron chi connectivity index (χ0n) is 9.64. The van der Waals surface area contributed by atoms with E-state index in [0.717, 1.165) is 5.69 Å². The van der Waals surface area contributed by atoms with E-state index >= 15 is 0 Å². The first-order chi connectivity index (χ1) is 7.58. The Labute approximate surface area is 93.5 Å². The Morgan fingerprint density at radius 1 is 1.50 bits per heavy atom. The molecule has 2 N–H and O–H groups in total. The summed E-state index contributed by atoms with van der Waals surface area (Å²) in [6.07, 6.45) is 1.38. The lowest BCUT2D eigenvalue weighted by molar-refractivity contribution is 0.588. The summed E-state index contributed by atoms with van der Waals surface area (Å²) in [5, 5.41) is 0. The summed E-state index contributed by atoms with van der Waals surface area (Å²) in [6, 6.07) is 0.0688. The number of oxazole rings is 1. The van der Waals surface area contributed by atoms with E-state index in [0.29, 0.717) is 23.7 Å². The van der Waals surface area contributed by atoms with E-state index in [1.807, 2.05) is 25.8 Å². The third-order valence-electron chi connectivity index (χ3n) is 2.26. The Hall–Kier alpha value is -1.69. The van der Waals surface area contributed by atoms with Crippen LogP contribution in [0, 0.1) is 6.92 Å². The summed E-state index contributed by atoms with van der Waals surface area (Å²) in [6.45, 7) is 4.52. The molecule has 0 saturated carbocycles. The highest BCUT2D eigenvalue weighted by Crippen LogP contribution is 2.16. The number of aromatic nitrogens is 3. The molecule has 0 spiro atoms. The standard InChI is InChI=1S/C10H15N5O/c1-6(11)4-15(3)10-13-7(2)8-9(14-10)16-5-12-8/h5-6H,4,11H2,1-3H3. The fourth-order valence-corrected chi connectivity index (χ4v) is 1.57. The van der Waals surface area contributed by atoms with Crippen molar-refractivity contribution in [2.75, 3.05) is 18.5 Å². The predicted molar refractivity (Wildman–Crippen MR) is 61.3 cm³/mol. The van der Waals surface area contributed by atoms with Crippen LogP contribution in [-0.2, 0) is 0 Å². The lowest BCUT2D eigenvalue weighted by atomic mass is 10.3. The average Bonchev–Trinajstić information content (AvgIpc) is 2.64. The van der Waals surface area contributed by atoms with Crippen molar-refractivity contribution < 1.29 is 4.42 Å². The molecule has 1 atom stereocenters. The molecule has 6 heteroatoms. The Bertz CT molecular complexity index is 493. The van der Waals surface area contributed by atoms with Crippen molar-refractivity contribution in [2.24, 2.45) is 5.73 Å². The van der Waals surface area contributed by atoms with Gasteiger partial charge in [-0.2, -0.15) is 4.98 Å². The molecule has 0 fully saturated rings. The van der Waals surface area contributed by atoms with Crippen LogP contribution in [0.4, 0.5) is 5.95 Å². The highest BCUT2D eigenvalue weighted by molar-refractivity contribution is 5.71. The van der Waals surface area contributed by atoms with Gasteiger partial charge >= 0.3 is 0 Å². The number of fused-ring (bicyclic) bond motifs is 1. The van der Waals surface area contributed by atoms with Gasteiger partial charge in [0, 0.05) is 19.6 Å². The molecule has 0 aliphatic heterocycles. The molecule has 1 unspecified atom stereocenters. The first kappa shape index (κ1) is 10.8. The van der Waals surface area contributed by atoms with E-state index in [2.05, 4.69) is 15.0 Å². The normalized spacial score (nSPS) is 13.0. The minimum absolute atomic E-state index is 0.0688. The maximum Gasteiger partial charge on any atom is 0.251 e. The predicted octanol–water partition coefficient (Wildman–Crippen LogP) is 0.710. The minimum atomic E-state index is 0.0688. The Morgan fingerprint density at radius 3 is 2.94 bits per heavy atom. The first-order valence-corrected chi connectivity index (χ1v) is 5.12. The molecule has 0 amide bonds. The molecule has 0 radical (unpaired) electrons. The highest BCUT2D eigenvalue weighted by atomic mass is 16.3. The SMILES string of the molecule is Cc1nc(N(C)CC(C)N)nc2ocnc12. The van der Waals surface area contributed by atoms with Crippen LogP contribution in [0.1, 0.15) is 12.6 Å². The number of aryl methyl sites for hydroxylation is 1. The van der Waals surface area contributed by atoms with Gasteiger partial charge in [-0.05, 0) is 13.8 Å². The van der Waals surface area contributed by atoms with Crippen LogP contribution < -0.4 is 10.6 Å². The van der Waals surface area contributed by atoms with Gasteiger partial charge in [0.15, 0.2) is 11.9 Å². The number of nitrogens with two attached hydrogens (primary N) is 1.